The first-order chi connectivity index (χ1) is 10.8. The van der Waals surface area contributed by atoms with Crippen molar-refractivity contribution in [2.24, 2.45) is 0 Å². The van der Waals surface area contributed by atoms with Crippen molar-refractivity contribution in [1.82, 2.24) is 14.4 Å². The van der Waals surface area contributed by atoms with Crippen molar-refractivity contribution >= 4 is 17.3 Å². The second-order valence-corrected chi connectivity index (χ2v) is 4.34. The number of aromatic nitrogens is 3. The summed E-state index contributed by atoms with van der Waals surface area (Å²) in [4.78, 5) is 19.0. The lowest BCUT2D eigenvalue weighted by Gasteiger charge is -1.98. The lowest BCUT2D eigenvalue weighted by atomic mass is 10.3. The molecule has 0 aliphatic heterocycles. The third-order valence-corrected chi connectivity index (χ3v) is 2.90. The van der Waals surface area contributed by atoms with E-state index in [9.17, 15) is 10.1 Å². The van der Waals surface area contributed by atoms with Crippen LogP contribution < -0.4 is 5.32 Å². The van der Waals surface area contributed by atoms with Gasteiger partial charge in [0.2, 0.25) is 11.5 Å². The summed E-state index contributed by atoms with van der Waals surface area (Å²) < 4.78 is 1.43. The van der Waals surface area contributed by atoms with Crippen molar-refractivity contribution in [1.29, 1.82) is 0 Å². The minimum absolute atomic E-state index is 0.102. The molecular formula is C15H11N5O2. The van der Waals surface area contributed by atoms with Crippen molar-refractivity contribution in [2.45, 2.75) is 0 Å². The monoisotopic (exact) mass is 293 g/mol. The van der Waals surface area contributed by atoms with E-state index in [4.69, 9.17) is 0 Å². The molecule has 0 saturated heterocycles. The third-order valence-electron chi connectivity index (χ3n) is 2.90. The van der Waals surface area contributed by atoms with Gasteiger partial charge in [-0.25, -0.2) is 4.98 Å². The van der Waals surface area contributed by atoms with E-state index in [0.29, 0.717) is 11.3 Å². The first-order valence-electron chi connectivity index (χ1n) is 6.51. The number of nitrogens with zero attached hydrogens (tertiary/aromatic N) is 4. The molecule has 0 amide bonds. The van der Waals surface area contributed by atoms with E-state index in [1.165, 1.54) is 4.40 Å². The second-order valence-electron chi connectivity index (χ2n) is 4.34. The van der Waals surface area contributed by atoms with Crippen molar-refractivity contribution in [3.05, 3.63) is 64.6 Å². The van der Waals surface area contributed by atoms with E-state index in [1.54, 1.807) is 36.7 Å². The minimum Gasteiger partial charge on any atom is -0.358 e. The number of imidazole rings is 1. The molecule has 0 atom stereocenters. The van der Waals surface area contributed by atoms with Crippen LogP contribution >= 0.6 is 0 Å². The summed E-state index contributed by atoms with van der Waals surface area (Å²) in [5.74, 6) is 5.83. The molecule has 3 aromatic rings. The normalized spacial score (nSPS) is 10.0. The van der Waals surface area contributed by atoms with Crippen LogP contribution in [0.1, 0.15) is 5.69 Å². The summed E-state index contributed by atoms with van der Waals surface area (Å²) >= 11 is 0. The molecule has 0 radical (unpaired) electrons. The number of nitro groups is 1. The van der Waals surface area contributed by atoms with Gasteiger partial charge >= 0.3 is 5.82 Å². The largest absolute Gasteiger partial charge is 0.372 e. The molecule has 22 heavy (non-hydrogen) atoms. The van der Waals surface area contributed by atoms with Gasteiger partial charge in [0.05, 0.1) is 12.7 Å². The Kier molecular flexibility index (Phi) is 3.66. The van der Waals surface area contributed by atoms with Gasteiger partial charge in [-0.2, -0.15) is 9.38 Å². The molecule has 3 aromatic heterocycles. The van der Waals surface area contributed by atoms with Gasteiger partial charge in [-0.05, 0) is 29.0 Å². The van der Waals surface area contributed by atoms with Gasteiger partial charge < -0.3 is 15.4 Å². The fourth-order valence-corrected chi connectivity index (χ4v) is 1.98. The molecule has 0 aliphatic rings. The highest BCUT2D eigenvalue weighted by Crippen LogP contribution is 2.24. The molecule has 0 aromatic carbocycles. The molecule has 0 bridgehead atoms. The zero-order valence-electron chi connectivity index (χ0n) is 11.4. The van der Waals surface area contributed by atoms with Gasteiger partial charge in [0.1, 0.15) is 5.69 Å². The highest BCUT2D eigenvalue weighted by molar-refractivity contribution is 5.62. The topological polar surface area (TPSA) is 85.4 Å². The predicted molar refractivity (Wildman–Crippen MR) is 81.5 cm³/mol. The summed E-state index contributed by atoms with van der Waals surface area (Å²) in [5, 5.41) is 14.1. The van der Waals surface area contributed by atoms with Crippen LogP contribution in [0.3, 0.4) is 0 Å². The van der Waals surface area contributed by atoms with Gasteiger partial charge in [-0.15, -0.1) is 0 Å². The summed E-state index contributed by atoms with van der Waals surface area (Å²) in [6.07, 6.45) is 3.26. The molecule has 7 nitrogen and oxygen atoms in total. The van der Waals surface area contributed by atoms with Crippen LogP contribution in [0.4, 0.5) is 11.6 Å². The highest BCUT2D eigenvalue weighted by atomic mass is 16.6. The lowest BCUT2D eigenvalue weighted by Crippen LogP contribution is -2.03. The molecule has 7 heteroatoms. The van der Waals surface area contributed by atoms with Crippen molar-refractivity contribution in [3.63, 3.8) is 0 Å². The van der Waals surface area contributed by atoms with E-state index in [0.717, 1.165) is 0 Å². The fourth-order valence-electron chi connectivity index (χ4n) is 1.98. The van der Waals surface area contributed by atoms with Gasteiger partial charge in [-0.1, -0.05) is 18.1 Å². The highest BCUT2D eigenvalue weighted by Gasteiger charge is 2.21. The maximum atomic E-state index is 11.2. The Morgan fingerprint density at radius 2 is 2.14 bits per heavy atom. The number of anilines is 1. The number of hydrogen-bond donors (Lipinski definition) is 1. The van der Waals surface area contributed by atoms with E-state index in [2.05, 4.69) is 27.1 Å². The van der Waals surface area contributed by atoms with E-state index in [-0.39, 0.29) is 18.2 Å². The molecule has 0 unspecified atom stereocenters. The number of rotatable bonds is 3. The molecule has 108 valence electrons. The Morgan fingerprint density at radius 1 is 1.27 bits per heavy atom. The van der Waals surface area contributed by atoms with Crippen LogP contribution in [-0.4, -0.2) is 25.8 Å². The molecular weight excluding hydrogens is 282 g/mol. The van der Waals surface area contributed by atoms with Crippen LogP contribution in [0.15, 0.2) is 48.8 Å². The molecule has 0 spiro atoms. The van der Waals surface area contributed by atoms with E-state index >= 15 is 0 Å². The van der Waals surface area contributed by atoms with Crippen LogP contribution in [0.2, 0.25) is 0 Å². The van der Waals surface area contributed by atoms with Crippen molar-refractivity contribution in [2.75, 3.05) is 11.9 Å². The minimum atomic E-state index is -0.464. The third kappa shape index (κ3) is 2.71. The number of nitrogens with one attached hydrogen (secondary N) is 1. The van der Waals surface area contributed by atoms with E-state index in [1.807, 2.05) is 12.1 Å². The molecule has 3 rings (SSSR count). The Labute approximate surface area is 125 Å². The molecule has 1 N–H and O–H groups in total. The quantitative estimate of drug-likeness (QED) is 0.454. The molecule has 0 saturated carbocycles. The van der Waals surface area contributed by atoms with E-state index < -0.39 is 4.92 Å². The van der Waals surface area contributed by atoms with Crippen LogP contribution in [0.25, 0.3) is 5.65 Å². The first kappa shape index (κ1) is 13.6. The fraction of sp³-hybridized carbons (Fsp3) is 0.0667. The van der Waals surface area contributed by atoms with Crippen molar-refractivity contribution < 1.29 is 4.92 Å². The summed E-state index contributed by atoms with van der Waals surface area (Å²) in [6, 6.07) is 10.6. The molecule has 0 fully saturated rings. The second kappa shape index (κ2) is 5.93. The lowest BCUT2D eigenvalue weighted by molar-refractivity contribution is -0.389. The molecule has 3 heterocycles. The SMILES string of the molecule is O=[N+]([O-])c1c(NCC#Cc2ccccn2)nc2ccccn12. The summed E-state index contributed by atoms with van der Waals surface area (Å²) in [5.41, 5.74) is 1.16. The average molecular weight is 293 g/mol. The predicted octanol–water partition coefficient (Wildman–Crippen LogP) is 2.10. The van der Waals surface area contributed by atoms with Gasteiger partial charge in [0.25, 0.3) is 0 Å². The van der Waals surface area contributed by atoms with Gasteiger partial charge in [0, 0.05) is 12.3 Å². The number of hydrogen-bond acceptors (Lipinski definition) is 5. The van der Waals surface area contributed by atoms with Gasteiger partial charge in [0.15, 0.2) is 0 Å². The number of fused-ring (bicyclic) bond motifs is 1. The number of pyridine rings is 2. The average Bonchev–Trinajstić information content (AvgIpc) is 2.91. The molecule has 0 aliphatic carbocycles. The van der Waals surface area contributed by atoms with Crippen LogP contribution in [-0.2, 0) is 0 Å². The Hall–Kier alpha value is -3.40. The standard InChI is InChI=1S/C15H11N5O2/c21-20(22)15-14(18-13-8-2-4-11-19(13)15)17-10-5-7-12-6-1-3-9-16-12/h1-4,6,8-9,11,17H,10H2. The zero-order chi connectivity index (χ0) is 15.4. The smallest absolute Gasteiger partial charge is 0.358 e. The Bertz CT molecular complexity index is 877. The zero-order valence-corrected chi connectivity index (χ0v) is 11.4. The van der Waals surface area contributed by atoms with Crippen molar-refractivity contribution in [3.8, 4) is 11.8 Å². The Balaban J connectivity index is 1.81. The summed E-state index contributed by atoms with van der Waals surface area (Å²) in [7, 11) is 0. The maximum absolute atomic E-state index is 11.2. The first-order valence-corrected chi connectivity index (χ1v) is 6.51. The maximum Gasteiger partial charge on any atom is 0.372 e. The van der Waals surface area contributed by atoms with Crippen LogP contribution in [0.5, 0.6) is 0 Å². The van der Waals surface area contributed by atoms with Gasteiger partial charge in [-0.3, -0.25) is 0 Å². The summed E-state index contributed by atoms with van der Waals surface area (Å²) in [6.45, 7) is 0.237. The Morgan fingerprint density at radius 3 is 2.91 bits per heavy atom. The van der Waals surface area contributed by atoms with Crippen LogP contribution in [0, 0.1) is 22.0 Å².